The summed E-state index contributed by atoms with van der Waals surface area (Å²) in [7, 11) is 0. The Morgan fingerprint density at radius 3 is 2.10 bits per heavy atom. The van der Waals surface area contributed by atoms with Crippen molar-refractivity contribution in [1.82, 2.24) is 57.1 Å². The summed E-state index contributed by atoms with van der Waals surface area (Å²) in [6, 6.07) is 17.2. The minimum absolute atomic E-state index is 0.0332. The molecule has 4 unspecified atom stereocenters. The molecule has 2 aliphatic heterocycles. The number of Topliss-reactive ketones (excluding diaryl/α,β-unsaturated/α-hetero) is 1. The lowest BCUT2D eigenvalue weighted by atomic mass is 9.75. The fourth-order valence-corrected chi connectivity index (χ4v) is 16.6. The fraction of sp³-hybridized carbons (Fsp3) is 0.474. The van der Waals surface area contributed by atoms with Crippen LogP contribution in [-0.4, -0.2) is 169 Å². The first-order valence-electron chi connectivity index (χ1n) is 36.2. The lowest BCUT2D eigenvalue weighted by molar-refractivity contribution is -0.142. The molecule has 3 fully saturated rings. The van der Waals surface area contributed by atoms with Crippen LogP contribution in [0.3, 0.4) is 0 Å². The number of aliphatic carboxylic acids is 1. The Kier molecular flexibility index (Phi) is 28.7. The van der Waals surface area contributed by atoms with Crippen LogP contribution in [0.15, 0.2) is 116 Å². The van der Waals surface area contributed by atoms with E-state index in [1.807, 2.05) is 42.5 Å². The lowest BCUT2D eigenvalue weighted by Gasteiger charge is -2.33. The van der Waals surface area contributed by atoms with Crippen molar-refractivity contribution in [3.8, 4) is 11.5 Å². The van der Waals surface area contributed by atoms with Crippen LogP contribution in [0.1, 0.15) is 118 Å². The van der Waals surface area contributed by atoms with E-state index in [1.54, 1.807) is 36.4 Å². The van der Waals surface area contributed by atoms with Crippen LogP contribution in [0.4, 0.5) is 8.78 Å². The first-order valence-corrected chi connectivity index (χ1v) is 38.5. The van der Waals surface area contributed by atoms with Crippen LogP contribution >= 0.6 is 23.5 Å². The van der Waals surface area contributed by atoms with Crippen LogP contribution in [0.5, 0.6) is 11.5 Å². The molecule has 6 aromatic rings. The van der Waals surface area contributed by atoms with Crippen molar-refractivity contribution >= 4 is 99.3 Å². The van der Waals surface area contributed by atoms with Crippen molar-refractivity contribution in [2.24, 2.45) is 35.1 Å². The van der Waals surface area contributed by atoms with Gasteiger partial charge >= 0.3 is 5.97 Å². The average molecular weight is 1500 g/mol. The number of carbonyl (C=O) groups excluding carboxylic acids is 10. The molecule has 4 aromatic carbocycles. The second kappa shape index (κ2) is 38.5. The Hall–Kier alpha value is -9.68. The van der Waals surface area contributed by atoms with Crippen molar-refractivity contribution in [2.75, 3.05) is 31.1 Å². The van der Waals surface area contributed by atoms with Gasteiger partial charge in [0.1, 0.15) is 59.7 Å². The van der Waals surface area contributed by atoms with Gasteiger partial charge in [-0.1, -0.05) is 54.6 Å². The molecule has 2 bridgehead atoms. The number of alkyl halides is 1. The maximum absolute atomic E-state index is 15.3. The summed E-state index contributed by atoms with van der Waals surface area (Å²) in [5.74, 6) is -8.96. The van der Waals surface area contributed by atoms with Gasteiger partial charge in [-0.05, 0) is 160 Å². The van der Waals surface area contributed by atoms with E-state index < -0.39 is 138 Å². The number of benzene rings is 4. The number of rotatable bonds is 17. The van der Waals surface area contributed by atoms with Gasteiger partial charge in [-0.3, -0.25) is 52.7 Å². The van der Waals surface area contributed by atoms with Gasteiger partial charge in [0.2, 0.25) is 53.2 Å². The first kappa shape index (κ1) is 78.9. The first-order chi connectivity index (χ1) is 51.1. The number of H-pyrrole nitrogens is 2. The molecule has 2 saturated carbocycles. The number of unbranched alkanes of at least 4 members (excludes halogenated alkanes) is 1. The summed E-state index contributed by atoms with van der Waals surface area (Å²) in [6.07, 6.45) is 4.96. The normalized spacial score (nSPS) is 25.7. The monoisotopic (exact) mass is 1500 g/mol. The summed E-state index contributed by atoms with van der Waals surface area (Å²) < 4.78 is 36.3. The minimum Gasteiger partial charge on any atom is -0.481 e. The van der Waals surface area contributed by atoms with E-state index in [1.165, 1.54) is 65.3 Å². The number of ether oxygens (including phenoxy) is 1. The fourth-order valence-electron chi connectivity index (χ4n) is 14.7. The highest BCUT2D eigenvalue weighted by Gasteiger charge is 2.44. The number of nitrogens with zero attached hydrogens (tertiary/aromatic N) is 2. The SMILES string of the molecule is NCCCC[C@@H]1NC(=O)CCSCc2cccc(c2)CSC[C@@H](C(N)=O)CC(=O)[C@@H]2CCCN2C(=O)[C@H](Cc2ccc(Oc3ccccc3)cc2)NC(=O)[C@H](Cc2cnc[nH]2)NC(=O)[C@H](CC(=O)O)NC(=O)[C@H](CC2CCC3CCC(F)CC32)NC(=O)[C@H](Cc2c[nH]c3ccc(F)cc23)NC(=O)CNC1=O. The standard InChI is InChI=1S/C76H93F2N13O13S2/c77-51-19-18-47-16-17-48(56(47)33-51)30-61-73(100)89-63(36-69(95)96)75(102)88-62(35-53-38-81-43-84-53)74(101)90-64(29-44-14-21-55(22-15-44)104-54-10-2-1-3-11-54)76(103)91-26-7-13-65(91)66(92)32-50(70(80)97)42-106-41-46-9-6-8-45(28-46)40-105-27-24-67(93)85-59(12-4-5-25-79)71(98)83-39-68(94)86-60(72(99)87-61)31-49-37-82-58-23-20-52(78)34-57(49)58/h1-3,6,8-11,14-15,20-23,28,34,37-38,43,47-48,50-51,56,59-65,82H,4-5,7,12-13,16-19,24-27,29-33,35-36,39-42,79H2,(H2,80,97)(H,81,84)(H,83,98)(H,85,93)(H,86,94)(H,87,99)(H,88,102)(H,89,100)(H,90,101)(H,95,96)/t47?,48?,50-,51?,56?,59-,60-,61-,62-,63-,64-,65-/m0/s1. The molecule has 106 heavy (non-hydrogen) atoms. The molecule has 1 saturated heterocycles. The van der Waals surface area contributed by atoms with E-state index in [0.29, 0.717) is 108 Å². The van der Waals surface area contributed by atoms with E-state index in [2.05, 4.69) is 52.2 Å². The van der Waals surface area contributed by atoms with Crippen LogP contribution in [0.2, 0.25) is 0 Å². The molecule has 9 amide bonds. The highest BCUT2D eigenvalue weighted by molar-refractivity contribution is 7.98. The van der Waals surface area contributed by atoms with Gasteiger partial charge in [0.25, 0.3) is 0 Å². The number of primary amides is 1. The molecule has 0 radical (unpaired) electrons. The highest BCUT2D eigenvalue weighted by atomic mass is 32.2. The number of thioether (sulfide) groups is 2. The zero-order valence-electron chi connectivity index (χ0n) is 58.8. The second-order valence-corrected chi connectivity index (χ2v) is 30.0. The number of nitrogens with two attached hydrogens (primary N) is 2. The quantitative estimate of drug-likeness (QED) is 0.0490. The van der Waals surface area contributed by atoms with Gasteiger partial charge < -0.3 is 73.4 Å². The molecule has 10 rings (SSSR count). The number of amides is 9. The van der Waals surface area contributed by atoms with Gasteiger partial charge in [-0.25, -0.2) is 13.8 Å². The number of hydrogen-bond donors (Lipinski definition) is 12. The number of carboxylic acids is 1. The summed E-state index contributed by atoms with van der Waals surface area (Å²) in [6.45, 7) is -0.289. The summed E-state index contributed by atoms with van der Waals surface area (Å²) >= 11 is 2.89. The number of ketones is 1. The zero-order chi connectivity index (χ0) is 75.2. The molecule has 30 heteroatoms. The number of para-hydroxylation sites is 1. The predicted molar refractivity (Wildman–Crippen MR) is 394 cm³/mol. The van der Waals surface area contributed by atoms with Gasteiger partial charge in [0, 0.05) is 90.7 Å². The van der Waals surface area contributed by atoms with Gasteiger partial charge in [-0.2, -0.15) is 23.5 Å². The van der Waals surface area contributed by atoms with Crippen LogP contribution in [-0.2, 0) is 83.5 Å². The third-order valence-corrected chi connectivity index (χ3v) is 22.4. The predicted octanol–water partition coefficient (Wildman–Crippen LogP) is 5.66. The van der Waals surface area contributed by atoms with E-state index in [0.717, 1.165) is 11.1 Å². The maximum atomic E-state index is 15.3. The Bertz CT molecular complexity index is 4060. The molecule has 2 aromatic heterocycles. The van der Waals surface area contributed by atoms with Gasteiger partial charge in [0.15, 0.2) is 5.78 Å². The summed E-state index contributed by atoms with van der Waals surface area (Å²) in [5, 5.41) is 29.6. The lowest BCUT2D eigenvalue weighted by Crippen LogP contribution is -2.60. The number of carboxylic acid groups (broad SMARTS) is 1. The second-order valence-electron chi connectivity index (χ2n) is 27.8. The van der Waals surface area contributed by atoms with Crippen molar-refractivity contribution in [3.63, 3.8) is 0 Å². The number of halogens is 2. The smallest absolute Gasteiger partial charge is 0.305 e. The van der Waals surface area contributed by atoms with Crippen molar-refractivity contribution in [1.29, 1.82) is 0 Å². The number of carbonyl (C=O) groups is 11. The largest absolute Gasteiger partial charge is 0.481 e. The van der Waals surface area contributed by atoms with Crippen molar-refractivity contribution < 1.29 is 71.4 Å². The Labute approximate surface area is 621 Å². The Balaban J connectivity index is 0.971. The molecule has 4 aliphatic rings. The van der Waals surface area contributed by atoms with Gasteiger partial charge in [-0.15, -0.1) is 0 Å². The maximum Gasteiger partial charge on any atom is 0.305 e. The van der Waals surface area contributed by atoms with E-state index in [-0.39, 0.29) is 87.8 Å². The zero-order valence-corrected chi connectivity index (χ0v) is 60.5. The topological polar surface area (TPSA) is 401 Å². The van der Waals surface area contributed by atoms with Crippen LogP contribution < -0.4 is 53.4 Å². The third-order valence-electron chi connectivity index (χ3n) is 20.2. The Morgan fingerprint density at radius 2 is 1.37 bits per heavy atom. The molecule has 0 spiro atoms. The number of aromatic nitrogens is 3. The van der Waals surface area contributed by atoms with Gasteiger partial charge in [0.05, 0.1) is 31.3 Å². The van der Waals surface area contributed by atoms with Crippen LogP contribution in [0.25, 0.3) is 10.9 Å². The molecular weight excluding hydrogens is 1410 g/mol. The summed E-state index contributed by atoms with van der Waals surface area (Å²) in [4.78, 5) is 170. The number of aromatic amines is 2. The third kappa shape index (κ3) is 22.7. The summed E-state index contributed by atoms with van der Waals surface area (Å²) in [5.41, 5.74) is 15.4. The van der Waals surface area contributed by atoms with Crippen molar-refractivity contribution in [2.45, 2.75) is 169 Å². The van der Waals surface area contributed by atoms with Crippen molar-refractivity contribution in [3.05, 3.63) is 150 Å². The molecule has 4 heterocycles. The van der Waals surface area contributed by atoms with E-state index in [9.17, 15) is 43.1 Å². The van der Waals surface area contributed by atoms with E-state index in [4.69, 9.17) is 16.2 Å². The molecule has 26 nitrogen and oxygen atoms in total. The molecule has 566 valence electrons. The van der Waals surface area contributed by atoms with E-state index >= 15 is 23.6 Å². The molecular formula is C76H93F2N13O13S2. The average Bonchev–Trinajstić information content (AvgIpc) is 1.62. The highest BCUT2D eigenvalue weighted by Crippen LogP contribution is 2.48. The number of hydrogen-bond acceptors (Lipinski definition) is 16. The number of fused-ring (bicyclic) bond motifs is 5. The van der Waals surface area contributed by atoms with Crippen LogP contribution in [0, 0.1) is 29.5 Å². The molecule has 14 N–H and O–H groups in total. The number of nitrogens with one attached hydrogen (secondary N) is 9. The molecule has 2 aliphatic carbocycles. The molecule has 12 atom stereocenters. The number of imidazole rings is 1. The minimum atomic E-state index is -1.97. The Morgan fingerprint density at radius 1 is 0.679 bits per heavy atom.